The third kappa shape index (κ3) is 10.8. The molecule has 1 rings (SSSR count). The van der Waals surface area contributed by atoms with Gasteiger partial charge in [0.1, 0.15) is 5.78 Å². The Labute approximate surface area is 175 Å². The maximum atomic E-state index is 12.4. The summed E-state index contributed by atoms with van der Waals surface area (Å²) in [7, 11) is 0. The van der Waals surface area contributed by atoms with Crippen LogP contribution in [0.4, 0.5) is 0 Å². The average Bonchev–Trinajstić information content (AvgIpc) is 2.79. The molecule has 1 aliphatic carbocycles. The molecule has 1 heteroatoms. The lowest BCUT2D eigenvalue weighted by molar-refractivity contribution is -0.120. The summed E-state index contributed by atoms with van der Waals surface area (Å²) in [4.78, 5) is 12.4. The Morgan fingerprint density at radius 2 is 1.29 bits per heavy atom. The molecule has 0 bridgehead atoms. The molecule has 0 atom stereocenters. The summed E-state index contributed by atoms with van der Waals surface area (Å²) < 4.78 is 0. The molecule has 0 unspecified atom stereocenters. The maximum absolute atomic E-state index is 12.4. The topological polar surface area (TPSA) is 17.1 Å². The lowest BCUT2D eigenvalue weighted by atomic mass is 9.73. The van der Waals surface area contributed by atoms with Crippen molar-refractivity contribution >= 4 is 5.78 Å². The summed E-state index contributed by atoms with van der Waals surface area (Å²) in [6.45, 7) is 13.2. The highest BCUT2D eigenvalue weighted by molar-refractivity contribution is 5.79. The third-order valence-corrected chi connectivity index (χ3v) is 5.93. The summed E-state index contributed by atoms with van der Waals surface area (Å²) in [5, 5.41) is 0. The fraction of sp³-hybridized carbons (Fsp3) is 0.667. The standard InChI is InChI=1S/C27H44O/c1-22(2)11-9-13-24(5)16-19-27(18-8-7-15-26(28)21-27)20-17-25(6)14-10-12-23(3)4/h11-12,16-17H,7-10,13-15,18-21H2,1-6H3/b24-16+,25-17+. The zero-order valence-corrected chi connectivity index (χ0v) is 19.5. The van der Waals surface area contributed by atoms with Crippen LogP contribution in [0.15, 0.2) is 46.6 Å². The van der Waals surface area contributed by atoms with E-state index in [1.165, 1.54) is 35.1 Å². The van der Waals surface area contributed by atoms with Gasteiger partial charge < -0.3 is 0 Å². The maximum Gasteiger partial charge on any atom is 0.133 e. The van der Waals surface area contributed by atoms with Gasteiger partial charge in [0.2, 0.25) is 0 Å². The molecule has 0 radical (unpaired) electrons. The molecule has 0 aromatic carbocycles. The quantitative estimate of drug-likeness (QED) is 0.272. The summed E-state index contributed by atoms with van der Waals surface area (Å²) in [5.74, 6) is 0.476. The first-order valence-corrected chi connectivity index (χ1v) is 11.3. The summed E-state index contributed by atoms with van der Waals surface area (Å²) in [5.41, 5.74) is 5.87. The first kappa shape index (κ1) is 24.7. The van der Waals surface area contributed by atoms with Gasteiger partial charge in [-0.05, 0) is 98.3 Å². The molecular weight excluding hydrogens is 340 g/mol. The van der Waals surface area contributed by atoms with Crippen LogP contribution < -0.4 is 0 Å². The molecule has 0 amide bonds. The van der Waals surface area contributed by atoms with Crippen molar-refractivity contribution in [1.82, 2.24) is 0 Å². The average molecular weight is 385 g/mol. The Morgan fingerprint density at radius 1 is 0.786 bits per heavy atom. The van der Waals surface area contributed by atoms with Crippen molar-refractivity contribution < 1.29 is 4.79 Å². The predicted octanol–water partition coefficient (Wildman–Crippen LogP) is 8.67. The van der Waals surface area contributed by atoms with Crippen molar-refractivity contribution in [2.75, 3.05) is 0 Å². The SMILES string of the molecule is CC(C)=CCC/C(C)=C/CC1(C/C=C(\C)CCC=C(C)C)CCCCC(=O)C1. The van der Waals surface area contributed by atoms with Crippen molar-refractivity contribution in [2.45, 2.75) is 112 Å². The number of ketones is 1. The van der Waals surface area contributed by atoms with E-state index in [0.29, 0.717) is 5.78 Å². The fourth-order valence-corrected chi connectivity index (χ4v) is 4.01. The number of hydrogen-bond donors (Lipinski definition) is 0. The number of carbonyl (C=O) groups is 1. The van der Waals surface area contributed by atoms with Crippen molar-refractivity contribution in [2.24, 2.45) is 5.41 Å². The lowest BCUT2D eigenvalue weighted by Gasteiger charge is -2.31. The zero-order chi connectivity index (χ0) is 21.0. The van der Waals surface area contributed by atoms with E-state index < -0.39 is 0 Å². The van der Waals surface area contributed by atoms with E-state index in [2.05, 4.69) is 65.8 Å². The Balaban J connectivity index is 2.81. The van der Waals surface area contributed by atoms with Crippen LogP contribution in [0.5, 0.6) is 0 Å². The summed E-state index contributed by atoms with van der Waals surface area (Å²) in [6, 6.07) is 0. The van der Waals surface area contributed by atoms with Gasteiger partial charge in [-0.25, -0.2) is 0 Å². The molecular formula is C27H44O. The Hall–Kier alpha value is -1.37. The van der Waals surface area contributed by atoms with Gasteiger partial charge in [-0.1, -0.05) is 53.0 Å². The fourth-order valence-electron chi connectivity index (χ4n) is 4.01. The van der Waals surface area contributed by atoms with Crippen molar-refractivity contribution in [1.29, 1.82) is 0 Å². The summed E-state index contributed by atoms with van der Waals surface area (Å²) >= 11 is 0. The van der Waals surface area contributed by atoms with E-state index in [0.717, 1.165) is 57.8 Å². The van der Waals surface area contributed by atoms with Gasteiger partial charge in [-0.2, -0.15) is 0 Å². The molecule has 1 aliphatic rings. The van der Waals surface area contributed by atoms with E-state index in [1.807, 2.05) is 0 Å². The molecule has 0 aliphatic heterocycles. The first-order chi connectivity index (χ1) is 13.2. The minimum atomic E-state index is 0.142. The summed E-state index contributed by atoms with van der Waals surface area (Å²) in [6.07, 6.45) is 21.1. The second-order valence-electron chi connectivity index (χ2n) is 9.57. The highest BCUT2D eigenvalue weighted by Crippen LogP contribution is 2.41. The Bertz CT molecular complexity index is 564. The molecule has 0 spiro atoms. The van der Waals surface area contributed by atoms with Crippen molar-refractivity contribution in [3.63, 3.8) is 0 Å². The Morgan fingerprint density at radius 3 is 1.75 bits per heavy atom. The largest absolute Gasteiger partial charge is 0.300 e. The van der Waals surface area contributed by atoms with Crippen LogP contribution >= 0.6 is 0 Å². The number of allylic oxidation sites excluding steroid dienone is 8. The van der Waals surface area contributed by atoms with E-state index in [4.69, 9.17) is 0 Å². The van der Waals surface area contributed by atoms with Gasteiger partial charge in [-0.3, -0.25) is 4.79 Å². The molecule has 0 heterocycles. The highest BCUT2D eigenvalue weighted by Gasteiger charge is 2.32. The van der Waals surface area contributed by atoms with Gasteiger partial charge in [0, 0.05) is 12.8 Å². The zero-order valence-electron chi connectivity index (χ0n) is 19.5. The molecule has 0 N–H and O–H groups in total. The van der Waals surface area contributed by atoms with Crippen LogP contribution in [-0.4, -0.2) is 5.78 Å². The molecule has 28 heavy (non-hydrogen) atoms. The van der Waals surface area contributed by atoms with E-state index in [1.54, 1.807) is 0 Å². The molecule has 158 valence electrons. The highest BCUT2D eigenvalue weighted by atomic mass is 16.1. The van der Waals surface area contributed by atoms with Crippen LogP contribution in [-0.2, 0) is 4.79 Å². The van der Waals surface area contributed by atoms with E-state index in [-0.39, 0.29) is 5.41 Å². The number of Topliss-reactive ketones (excluding diaryl/α,β-unsaturated/α-hetero) is 1. The molecule has 0 saturated heterocycles. The van der Waals surface area contributed by atoms with Crippen LogP contribution in [0.3, 0.4) is 0 Å². The number of rotatable bonds is 10. The van der Waals surface area contributed by atoms with Crippen LogP contribution in [0.1, 0.15) is 112 Å². The van der Waals surface area contributed by atoms with Gasteiger partial charge >= 0.3 is 0 Å². The minimum absolute atomic E-state index is 0.142. The van der Waals surface area contributed by atoms with E-state index >= 15 is 0 Å². The Kier molecular flexibility index (Phi) is 11.4. The third-order valence-electron chi connectivity index (χ3n) is 5.93. The van der Waals surface area contributed by atoms with Gasteiger partial charge in [-0.15, -0.1) is 0 Å². The lowest BCUT2D eigenvalue weighted by Crippen LogP contribution is -2.22. The van der Waals surface area contributed by atoms with Crippen LogP contribution in [0.2, 0.25) is 0 Å². The van der Waals surface area contributed by atoms with Gasteiger partial charge in [0.05, 0.1) is 0 Å². The van der Waals surface area contributed by atoms with Crippen LogP contribution in [0, 0.1) is 5.41 Å². The number of hydrogen-bond acceptors (Lipinski definition) is 1. The molecule has 1 saturated carbocycles. The predicted molar refractivity (Wildman–Crippen MR) is 125 cm³/mol. The normalized spacial score (nSPS) is 21.3. The molecule has 1 fully saturated rings. The smallest absolute Gasteiger partial charge is 0.133 e. The number of carbonyl (C=O) groups excluding carboxylic acids is 1. The van der Waals surface area contributed by atoms with E-state index in [9.17, 15) is 4.79 Å². The monoisotopic (exact) mass is 384 g/mol. The van der Waals surface area contributed by atoms with Gasteiger partial charge in [0.25, 0.3) is 0 Å². The van der Waals surface area contributed by atoms with Gasteiger partial charge in [0.15, 0.2) is 0 Å². The van der Waals surface area contributed by atoms with Crippen LogP contribution in [0.25, 0.3) is 0 Å². The van der Waals surface area contributed by atoms with Crippen molar-refractivity contribution in [3.8, 4) is 0 Å². The minimum Gasteiger partial charge on any atom is -0.300 e. The second-order valence-corrected chi connectivity index (χ2v) is 9.57. The molecule has 0 aromatic heterocycles. The second kappa shape index (κ2) is 13.0. The molecule has 1 nitrogen and oxygen atoms in total. The molecule has 0 aromatic rings. The first-order valence-electron chi connectivity index (χ1n) is 11.3. The van der Waals surface area contributed by atoms with Crippen molar-refractivity contribution in [3.05, 3.63) is 46.6 Å².